The molecule has 1 amide bonds. The second-order valence-corrected chi connectivity index (χ2v) is 10.5. The highest BCUT2D eigenvalue weighted by Gasteiger charge is 2.61. The minimum Gasteiger partial charge on any atom is -0.457 e. The lowest BCUT2D eigenvalue weighted by Gasteiger charge is -2.60. The number of methoxy groups -OCH3 is 1. The summed E-state index contributed by atoms with van der Waals surface area (Å²) in [4.78, 5) is 38.1. The van der Waals surface area contributed by atoms with Gasteiger partial charge in [0, 0.05) is 49.7 Å². The van der Waals surface area contributed by atoms with E-state index in [1.54, 1.807) is 14.0 Å². The van der Waals surface area contributed by atoms with Crippen LogP contribution in [0.1, 0.15) is 73.6 Å². The van der Waals surface area contributed by atoms with Crippen LogP contribution in [0.4, 0.5) is 0 Å². The normalized spacial score (nSPS) is 30.4. The Morgan fingerprint density at radius 3 is 2.47 bits per heavy atom. The van der Waals surface area contributed by atoms with Crippen molar-refractivity contribution in [2.45, 2.75) is 77.8 Å². The van der Waals surface area contributed by atoms with Crippen molar-refractivity contribution in [3.63, 3.8) is 0 Å². The number of amides is 1. The molecule has 7 nitrogen and oxygen atoms in total. The molecule has 5 rings (SSSR count). The lowest BCUT2D eigenvalue weighted by atomic mass is 9.47. The van der Waals surface area contributed by atoms with Gasteiger partial charge >= 0.3 is 5.97 Å². The molecule has 4 fully saturated rings. The van der Waals surface area contributed by atoms with Gasteiger partial charge in [0.15, 0.2) is 6.61 Å². The average molecular weight is 445 g/mol. The van der Waals surface area contributed by atoms with Gasteiger partial charge in [-0.2, -0.15) is 0 Å². The fourth-order valence-electron chi connectivity index (χ4n) is 7.18. The quantitative estimate of drug-likeness (QED) is 0.359. The van der Waals surface area contributed by atoms with Crippen molar-refractivity contribution in [1.82, 2.24) is 9.88 Å². The summed E-state index contributed by atoms with van der Waals surface area (Å²) >= 11 is 0. The van der Waals surface area contributed by atoms with Gasteiger partial charge in [0.2, 0.25) is 11.7 Å². The van der Waals surface area contributed by atoms with Gasteiger partial charge in [-0.1, -0.05) is 0 Å². The minimum atomic E-state index is -0.566. The summed E-state index contributed by atoms with van der Waals surface area (Å²) in [5.41, 5.74) is 1.69. The molecule has 0 aromatic carbocycles. The van der Waals surface area contributed by atoms with Crippen molar-refractivity contribution in [3.8, 4) is 0 Å². The predicted molar refractivity (Wildman–Crippen MR) is 119 cm³/mol. The number of aryl methyl sites for hydroxylation is 1. The summed E-state index contributed by atoms with van der Waals surface area (Å²) in [6, 6.07) is 1.88. The van der Waals surface area contributed by atoms with Gasteiger partial charge in [-0.15, -0.1) is 0 Å². The molecule has 4 saturated carbocycles. The first-order valence-corrected chi connectivity index (χ1v) is 11.8. The van der Waals surface area contributed by atoms with Gasteiger partial charge in [-0.25, -0.2) is 0 Å². The van der Waals surface area contributed by atoms with Gasteiger partial charge in [0.05, 0.1) is 5.41 Å². The Bertz CT molecular complexity index is 904. The van der Waals surface area contributed by atoms with E-state index >= 15 is 0 Å². The Labute approximate surface area is 190 Å². The zero-order chi connectivity index (χ0) is 23.1. The first kappa shape index (κ1) is 23.0. The van der Waals surface area contributed by atoms with Crippen LogP contribution in [0.15, 0.2) is 6.07 Å². The average Bonchev–Trinajstić information content (AvgIpc) is 2.98. The number of carbonyl (C=O) groups excluding carboxylic acids is 3. The van der Waals surface area contributed by atoms with E-state index < -0.39 is 5.41 Å². The second kappa shape index (κ2) is 8.65. The number of aromatic nitrogens is 1. The van der Waals surface area contributed by atoms with Gasteiger partial charge in [0.25, 0.3) is 0 Å². The predicted octanol–water partition coefficient (Wildman–Crippen LogP) is 3.34. The van der Waals surface area contributed by atoms with Crippen LogP contribution in [0.2, 0.25) is 0 Å². The summed E-state index contributed by atoms with van der Waals surface area (Å²) in [6.45, 7) is 6.70. The van der Waals surface area contributed by atoms with Crippen LogP contribution in [0, 0.1) is 31.1 Å². The highest BCUT2D eigenvalue weighted by Crippen LogP contribution is 2.62. The third-order valence-corrected chi connectivity index (χ3v) is 7.87. The van der Waals surface area contributed by atoms with Crippen molar-refractivity contribution < 1.29 is 23.9 Å². The Morgan fingerprint density at radius 2 is 1.84 bits per heavy atom. The van der Waals surface area contributed by atoms with Gasteiger partial charge < -0.3 is 19.4 Å². The smallest absolute Gasteiger partial charge is 0.312 e. The molecule has 1 heterocycles. The molecule has 0 unspecified atom stereocenters. The van der Waals surface area contributed by atoms with Crippen molar-refractivity contribution >= 4 is 17.7 Å². The third-order valence-electron chi connectivity index (χ3n) is 7.87. The maximum absolute atomic E-state index is 13.3. The summed E-state index contributed by atoms with van der Waals surface area (Å²) in [5.74, 6) is 0.426. The summed E-state index contributed by atoms with van der Waals surface area (Å²) in [6.07, 6.45) is 6.16. The van der Waals surface area contributed by atoms with Crippen LogP contribution in [-0.4, -0.2) is 48.1 Å². The fourth-order valence-corrected chi connectivity index (χ4v) is 7.18. The number of nitrogens with zero attached hydrogens (tertiary/aromatic N) is 1. The minimum absolute atomic E-state index is 0.0356. The summed E-state index contributed by atoms with van der Waals surface area (Å²) < 4.78 is 12.9. The first-order chi connectivity index (χ1) is 15.2. The van der Waals surface area contributed by atoms with E-state index in [-0.39, 0.29) is 29.8 Å². The molecule has 176 valence electrons. The SMILES string of the molecule is COCCCn1c(C)cc(C(=O)COC(=O)C23C[C@H]4C[C@@H](CC(NC(C)=O)(C4)C2)C3)c1C. The molecule has 2 atom stereocenters. The third kappa shape index (κ3) is 4.24. The number of carbonyl (C=O) groups is 3. The van der Waals surface area contributed by atoms with Crippen LogP contribution in [0.25, 0.3) is 0 Å². The summed E-state index contributed by atoms with van der Waals surface area (Å²) in [5, 5.41) is 3.17. The Kier molecular flexibility index (Phi) is 6.23. The van der Waals surface area contributed by atoms with E-state index in [9.17, 15) is 14.4 Å². The van der Waals surface area contributed by atoms with E-state index in [4.69, 9.17) is 9.47 Å². The number of Topliss-reactive ketones (excluding diaryl/α,β-unsaturated/α-hetero) is 1. The topological polar surface area (TPSA) is 86.6 Å². The molecule has 4 bridgehead atoms. The fraction of sp³-hybridized carbons (Fsp3) is 0.720. The van der Waals surface area contributed by atoms with Crippen molar-refractivity contribution in [2.75, 3.05) is 20.3 Å². The number of hydrogen-bond donors (Lipinski definition) is 1. The van der Waals surface area contributed by atoms with Crippen molar-refractivity contribution in [2.24, 2.45) is 17.3 Å². The molecule has 1 N–H and O–H groups in total. The molecule has 32 heavy (non-hydrogen) atoms. The molecule has 1 aromatic rings. The van der Waals surface area contributed by atoms with E-state index in [0.29, 0.717) is 30.4 Å². The van der Waals surface area contributed by atoms with Crippen LogP contribution >= 0.6 is 0 Å². The van der Waals surface area contributed by atoms with E-state index in [1.165, 1.54) is 0 Å². The molecule has 0 radical (unpaired) electrons. The van der Waals surface area contributed by atoms with Gasteiger partial charge in [0.1, 0.15) is 0 Å². The molecule has 0 aliphatic heterocycles. The molecule has 0 spiro atoms. The molecule has 0 saturated heterocycles. The number of rotatable bonds is 9. The number of ketones is 1. The molecular formula is C25H36N2O5. The Balaban J connectivity index is 1.42. The molecule has 1 aromatic heterocycles. The van der Waals surface area contributed by atoms with Crippen molar-refractivity contribution in [3.05, 3.63) is 23.0 Å². The van der Waals surface area contributed by atoms with Gasteiger partial charge in [-0.3, -0.25) is 14.4 Å². The number of hydrogen-bond acceptors (Lipinski definition) is 5. The zero-order valence-electron chi connectivity index (χ0n) is 19.8. The van der Waals surface area contributed by atoms with Crippen molar-refractivity contribution in [1.29, 1.82) is 0 Å². The maximum Gasteiger partial charge on any atom is 0.312 e. The molecule has 7 heteroatoms. The monoisotopic (exact) mass is 444 g/mol. The molecule has 4 aliphatic carbocycles. The lowest BCUT2D eigenvalue weighted by Crippen LogP contribution is -2.64. The molecular weight excluding hydrogens is 408 g/mol. The number of ether oxygens (including phenoxy) is 2. The van der Waals surface area contributed by atoms with E-state index in [1.807, 2.05) is 19.9 Å². The summed E-state index contributed by atoms with van der Waals surface area (Å²) in [7, 11) is 1.68. The highest BCUT2D eigenvalue weighted by molar-refractivity contribution is 5.99. The Hall–Kier alpha value is -2.15. The van der Waals surface area contributed by atoms with E-state index in [2.05, 4.69) is 9.88 Å². The van der Waals surface area contributed by atoms with Crippen LogP contribution in [-0.2, 0) is 25.6 Å². The van der Waals surface area contributed by atoms with Crippen LogP contribution in [0.5, 0.6) is 0 Å². The first-order valence-electron chi connectivity index (χ1n) is 11.8. The van der Waals surface area contributed by atoms with E-state index in [0.717, 1.165) is 56.5 Å². The Morgan fingerprint density at radius 1 is 1.16 bits per heavy atom. The number of nitrogens with one attached hydrogen (secondary N) is 1. The number of esters is 1. The zero-order valence-corrected chi connectivity index (χ0v) is 19.8. The standard InChI is InChI=1S/C25H36N2O5/c1-16-8-21(17(2)27(16)6-5-7-31-4)22(29)14-32-23(30)24-10-19-9-20(11-24)13-25(12-19,15-24)26-18(3)28/h8,19-20H,5-7,9-15H2,1-4H3,(H,26,28)/t19-,20-,24?,25?/m1/s1. The molecule has 4 aliphatic rings. The largest absolute Gasteiger partial charge is 0.457 e. The van der Waals surface area contributed by atoms with Crippen LogP contribution < -0.4 is 5.32 Å². The highest BCUT2D eigenvalue weighted by atomic mass is 16.5. The lowest BCUT2D eigenvalue weighted by molar-refractivity contribution is -0.174. The van der Waals surface area contributed by atoms with Crippen LogP contribution in [0.3, 0.4) is 0 Å². The maximum atomic E-state index is 13.3. The second-order valence-electron chi connectivity index (χ2n) is 10.5. The van der Waals surface area contributed by atoms with Gasteiger partial charge in [-0.05, 0) is 76.7 Å².